The van der Waals surface area contributed by atoms with Gasteiger partial charge in [0.1, 0.15) is 32.1 Å². The van der Waals surface area contributed by atoms with Gasteiger partial charge in [-0.1, -0.05) is 30.9 Å². The zero-order valence-corrected chi connectivity index (χ0v) is 16.7. The largest absolute Gasteiger partial charge is 0.488 e. The Labute approximate surface area is 159 Å². The van der Waals surface area contributed by atoms with E-state index in [-0.39, 0.29) is 26.2 Å². The highest BCUT2D eigenvalue weighted by molar-refractivity contribution is 8.53. The SMILES string of the molecule is [B]PSOC1CC(OC)OC1/C(C)=C\COc1ccc(Cl)cc1Cl. The molecule has 1 aromatic carbocycles. The van der Waals surface area contributed by atoms with Crippen LogP contribution < -0.4 is 4.74 Å². The fraction of sp³-hybridized carbons (Fsp3) is 0.467. The van der Waals surface area contributed by atoms with E-state index in [1.165, 1.54) is 11.7 Å². The quantitative estimate of drug-likeness (QED) is 0.268. The van der Waals surface area contributed by atoms with Gasteiger partial charge in [-0.25, -0.2) is 0 Å². The second-order valence-corrected chi connectivity index (χ2v) is 7.77. The summed E-state index contributed by atoms with van der Waals surface area (Å²) in [6.07, 6.45) is 2.03. The van der Waals surface area contributed by atoms with E-state index in [0.717, 1.165) is 5.57 Å². The third kappa shape index (κ3) is 5.81. The van der Waals surface area contributed by atoms with Crippen LogP contribution in [0.5, 0.6) is 5.75 Å². The Bertz CT molecular complexity index is 578. The van der Waals surface area contributed by atoms with Crippen molar-refractivity contribution in [1.29, 1.82) is 0 Å². The summed E-state index contributed by atoms with van der Waals surface area (Å²) in [5, 5.41) is 1.05. The van der Waals surface area contributed by atoms with Gasteiger partial charge in [0.05, 0.1) is 5.02 Å². The van der Waals surface area contributed by atoms with Crippen molar-refractivity contribution in [2.45, 2.75) is 31.8 Å². The summed E-state index contributed by atoms with van der Waals surface area (Å²) >= 11 is 13.2. The van der Waals surface area contributed by atoms with Crippen molar-refractivity contribution in [3.8, 4) is 5.75 Å². The summed E-state index contributed by atoms with van der Waals surface area (Å²) in [6.45, 7) is 2.34. The molecule has 0 bridgehead atoms. The average molecular weight is 407 g/mol. The highest BCUT2D eigenvalue weighted by Crippen LogP contribution is 2.35. The zero-order valence-electron chi connectivity index (χ0n) is 13.3. The molecule has 1 aromatic rings. The first-order valence-corrected chi connectivity index (χ1v) is 10.6. The van der Waals surface area contributed by atoms with Gasteiger partial charge in [0.25, 0.3) is 0 Å². The molecule has 4 unspecified atom stereocenters. The minimum absolute atomic E-state index is 0.105. The average Bonchev–Trinajstić information content (AvgIpc) is 2.98. The highest BCUT2D eigenvalue weighted by Gasteiger charge is 2.37. The fourth-order valence-electron chi connectivity index (χ4n) is 2.32. The molecule has 24 heavy (non-hydrogen) atoms. The molecule has 1 aliphatic heterocycles. The van der Waals surface area contributed by atoms with Crippen molar-refractivity contribution in [2.24, 2.45) is 0 Å². The van der Waals surface area contributed by atoms with Gasteiger partial charge >= 0.3 is 0 Å². The van der Waals surface area contributed by atoms with E-state index in [0.29, 0.717) is 28.8 Å². The van der Waals surface area contributed by atoms with E-state index >= 15 is 0 Å². The maximum atomic E-state index is 6.09. The Morgan fingerprint density at radius 1 is 1.50 bits per heavy atom. The molecule has 1 fully saturated rings. The van der Waals surface area contributed by atoms with Gasteiger partial charge in [0.2, 0.25) is 0 Å². The third-order valence-electron chi connectivity index (χ3n) is 3.53. The summed E-state index contributed by atoms with van der Waals surface area (Å²) in [6, 6.07) is 5.12. The van der Waals surface area contributed by atoms with E-state index in [9.17, 15) is 0 Å². The lowest BCUT2D eigenvalue weighted by molar-refractivity contribution is -0.107. The molecule has 130 valence electrons. The molecule has 1 saturated heterocycles. The molecule has 2 radical (unpaired) electrons. The van der Waals surface area contributed by atoms with E-state index in [1.54, 1.807) is 25.3 Å². The van der Waals surface area contributed by atoms with Crippen molar-refractivity contribution < 1.29 is 18.4 Å². The topological polar surface area (TPSA) is 36.9 Å². The second kappa shape index (κ2) is 10.3. The van der Waals surface area contributed by atoms with Gasteiger partial charge < -0.3 is 18.4 Å². The molecular weight excluding hydrogens is 389 g/mol. The van der Waals surface area contributed by atoms with Crippen molar-refractivity contribution >= 4 is 50.1 Å². The molecule has 0 aromatic heterocycles. The van der Waals surface area contributed by atoms with E-state index in [2.05, 4.69) is 0 Å². The summed E-state index contributed by atoms with van der Waals surface area (Å²) in [4.78, 5) is 0. The molecule has 4 nitrogen and oxygen atoms in total. The summed E-state index contributed by atoms with van der Waals surface area (Å²) < 4.78 is 22.5. The maximum absolute atomic E-state index is 6.09. The smallest absolute Gasteiger partial charge is 0.160 e. The molecule has 4 atom stereocenters. The monoisotopic (exact) mass is 406 g/mol. The Balaban J connectivity index is 1.95. The van der Waals surface area contributed by atoms with Crippen molar-refractivity contribution in [3.63, 3.8) is 0 Å². The molecule has 1 aliphatic rings. The first kappa shape index (κ1) is 20.4. The minimum Gasteiger partial charge on any atom is -0.488 e. The number of halogens is 2. The van der Waals surface area contributed by atoms with Crippen LogP contribution in [0.1, 0.15) is 13.3 Å². The maximum Gasteiger partial charge on any atom is 0.160 e. The van der Waals surface area contributed by atoms with Crippen LogP contribution >= 0.6 is 42.5 Å². The Morgan fingerprint density at radius 2 is 2.29 bits per heavy atom. The molecule has 1 heterocycles. The van der Waals surface area contributed by atoms with E-state index in [4.69, 9.17) is 49.2 Å². The second-order valence-electron chi connectivity index (χ2n) is 5.13. The lowest BCUT2D eigenvalue weighted by Crippen LogP contribution is -2.23. The van der Waals surface area contributed by atoms with Crippen LogP contribution in [0.25, 0.3) is 0 Å². The van der Waals surface area contributed by atoms with Crippen molar-refractivity contribution in [1.82, 2.24) is 0 Å². The van der Waals surface area contributed by atoms with Crippen LogP contribution in [0.4, 0.5) is 0 Å². The number of benzene rings is 1. The molecule has 9 heteroatoms. The van der Waals surface area contributed by atoms with Gasteiger partial charge in [-0.05, 0) is 36.8 Å². The first-order valence-electron chi connectivity index (χ1n) is 7.25. The molecule has 0 spiro atoms. The zero-order chi connectivity index (χ0) is 17.5. The van der Waals surface area contributed by atoms with Crippen molar-refractivity contribution in [3.05, 3.63) is 39.9 Å². The van der Waals surface area contributed by atoms with Gasteiger partial charge in [-0.2, -0.15) is 0 Å². The summed E-state index contributed by atoms with van der Waals surface area (Å²) in [5.74, 6) is 0.583. The van der Waals surface area contributed by atoms with Crippen LogP contribution in [0.2, 0.25) is 10.0 Å². The van der Waals surface area contributed by atoms with E-state index in [1.807, 2.05) is 13.0 Å². The predicted octanol–water partition coefficient (Wildman–Crippen LogP) is 4.79. The number of hydrogen-bond donors (Lipinski definition) is 0. The standard InChI is InChI=1S/C15H18BCl2O4PS/c1-9(5-6-20-12-4-3-10(17)7-11(12)18)15-13(22-24-23-16)8-14(19-2)21-15/h3-5,7,13-15,23H,6,8H2,1-2H3/b9-5-. The number of ether oxygens (including phenoxy) is 3. The fourth-order valence-corrected chi connectivity index (χ4v) is 3.68. The Hall–Kier alpha value is 0.0649. The molecule has 0 N–H and O–H groups in total. The number of hydrogen-bond acceptors (Lipinski definition) is 5. The van der Waals surface area contributed by atoms with Gasteiger partial charge in [0.15, 0.2) is 6.29 Å². The molecule has 0 amide bonds. The Kier molecular flexibility index (Phi) is 8.72. The summed E-state index contributed by atoms with van der Waals surface area (Å²) in [5.41, 5.74) is 1.01. The lowest BCUT2D eigenvalue weighted by Gasteiger charge is -2.18. The van der Waals surface area contributed by atoms with Gasteiger partial charge in [0, 0.05) is 30.2 Å². The molecule has 0 aliphatic carbocycles. The van der Waals surface area contributed by atoms with Crippen LogP contribution in [0.3, 0.4) is 0 Å². The van der Waals surface area contributed by atoms with Crippen LogP contribution in [-0.2, 0) is 13.7 Å². The van der Waals surface area contributed by atoms with Gasteiger partial charge in [-0.3, -0.25) is 0 Å². The number of rotatable bonds is 8. The Morgan fingerprint density at radius 3 is 2.96 bits per heavy atom. The first-order chi connectivity index (χ1) is 11.5. The molecule has 2 rings (SSSR count). The lowest BCUT2D eigenvalue weighted by atomic mass is 10.1. The predicted molar refractivity (Wildman–Crippen MR) is 103 cm³/mol. The highest BCUT2D eigenvalue weighted by atomic mass is 35.5. The third-order valence-corrected chi connectivity index (χ3v) is 5.08. The molecular formula is C15H18BCl2O4PS. The normalized spacial score (nSPS) is 24.8. The van der Waals surface area contributed by atoms with Crippen LogP contribution in [0.15, 0.2) is 29.8 Å². The van der Waals surface area contributed by atoms with Crippen LogP contribution in [-0.4, -0.2) is 39.8 Å². The van der Waals surface area contributed by atoms with Crippen LogP contribution in [0, 0.1) is 0 Å². The molecule has 0 saturated carbocycles. The van der Waals surface area contributed by atoms with Crippen molar-refractivity contribution in [2.75, 3.05) is 13.7 Å². The minimum atomic E-state index is -0.281. The van der Waals surface area contributed by atoms with E-state index < -0.39 is 0 Å². The summed E-state index contributed by atoms with van der Waals surface area (Å²) in [7, 11) is 7.29. The number of methoxy groups -OCH3 is 1. The van der Waals surface area contributed by atoms with Gasteiger partial charge in [-0.15, -0.1) is 0 Å².